The van der Waals surface area contributed by atoms with Crippen LogP contribution in [0.2, 0.25) is 0 Å². The Labute approximate surface area is 198 Å². The highest BCUT2D eigenvalue weighted by atomic mass is 32.2. The number of nitrogens with two attached hydrogens (primary N) is 1. The number of hydrogen-bond donors (Lipinski definition) is 2. The first-order valence-corrected chi connectivity index (χ1v) is 12.7. The predicted molar refractivity (Wildman–Crippen MR) is 137 cm³/mol. The van der Waals surface area contributed by atoms with E-state index in [9.17, 15) is 9.59 Å². The molecular formula is C25H31N3O2S2. The Morgan fingerprint density at radius 1 is 1.22 bits per heavy atom. The molecule has 0 bridgehead atoms. The number of amides is 2. The van der Waals surface area contributed by atoms with Crippen molar-refractivity contribution in [2.45, 2.75) is 31.6 Å². The zero-order valence-electron chi connectivity index (χ0n) is 18.9. The molecule has 7 heteroatoms. The number of benzene rings is 2. The summed E-state index contributed by atoms with van der Waals surface area (Å²) in [4.78, 5) is 28.6. The van der Waals surface area contributed by atoms with Gasteiger partial charge in [0.05, 0.1) is 5.56 Å². The van der Waals surface area contributed by atoms with Crippen molar-refractivity contribution in [2.24, 2.45) is 11.7 Å². The van der Waals surface area contributed by atoms with Crippen LogP contribution in [-0.2, 0) is 11.2 Å². The van der Waals surface area contributed by atoms with Crippen LogP contribution in [0, 0.1) is 5.92 Å². The largest absolute Gasteiger partial charge is 0.341 e. The fourth-order valence-electron chi connectivity index (χ4n) is 3.78. The average Bonchev–Trinajstić information content (AvgIpc) is 3.10. The Morgan fingerprint density at radius 2 is 1.97 bits per heavy atom. The molecule has 1 heterocycles. The molecule has 0 aliphatic rings. The summed E-state index contributed by atoms with van der Waals surface area (Å²) >= 11 is 3.16. The number of rotatable bonds is 11. The van der Waals surface area contributed by atoms with E-state index in [1.54, 1.807) is 16.7 Å². The molecule has 0 atom stereocenters. The van der Waals surface area contributed by atoms with Crippen molar-refractivity contribution < 1.29 is 9.59 Å². The maximum Gasteiger partial charge on any atom is 0.257 e. The molecule has 0 saturated heterocycles. The van der Waals surface area contributed by atoms with Crippen LogP contribution in [-0.4, -0.2) is 43.1 Å². The quantitative estimate of drug-likeness (QED) is 0.229. The Hall–Kier alpha value is -2.35. The lowest BCUT2D eigenvalue weighted by Gasteiger charge is -2.20. The van der Waals surface area contributed by atoms with Gasteiger partial charge in [0.2, 0.25) is 6.41 Å². The first-order chi connectivity index (χ1) is 15.5. The van der Waals surface area contributed by atoms with Gasteiger partial charge in [-0.05, 0) is 41.0 Å². The summed E-state index contributed by atoms with van der Waals surface area (Å²) in [6, 6.07) is 14.6. The van der Waals surface area contributed by atoms with Gasteiger partial charge in [-0.15, -0.1) is 23.1 Å². The van der Waals surface area contributed by atoms with E-state index in [4.69, 9.17) is 5.73 Å². The van der Waals surface area contributed by atoms with E-state index in [0.717, 1.165) is 21.9 Å². The summed E-state index contributed by atoms with van der Waals surface area (Å²) in [6.07, 6.45) is 2.22. The minimum atomic E-state index is -0.0567. The third-order valence-electron chi connectivity index (χ3n) is 5.15. The molecule has 0 aliphatic heterocycles. The topological polar surface area (TPSA) is 75.4 Å². The first-order valence-electron chi connectivity index (χ1n) is 10.9. The van der Waals surface area contributed by atoms with Crippen molar-refractivity contribution in [1.29, 1.82) is 0 Å². The summed E-state index contributed by atoms with van der Waals surface area (Å²) in [5.74, 6) is 1.12. The Balaban J connectivity index is 2.07. The van der Waals surface area contributed by atoms with E-state index >= 15 is 0 Å². The molecule has 0 fully saturated rings. The van der Waals surface area contributed by atoms with E-state index in [-0.39, 0.29) is 5.91 Å². The summed E-state index contributed by atoms with van der Waals surface area (Å²) in [7, 11) is 1.82. The SMILES string of the molecule is CC(C)CN(C)C(=O)c1c(NC=O)sc(Cc2cccc3ccccc23)c1SCCCN. The molecule has 3 N–H and O–H groups in total. The molecular weight excluding hydrogens is 438 g/mol. The molecule has 0 spiro atoms. The molecule has 32 heavy (non-hydrogen) atoms. The standard InChI is InChI=1S/C25H31N3O2S2/c1-17(2)15-28(3)25(30)22-23(31-13-7-12-26)21(32-24(22)27-16-29)14-19-10-6-9-18-8-4-5-11-20(18)19/h4-6,8-11,16-17H,7,12-15,26H2,1-3H3,(H,27,29). The molecule has 0 aliphatic carbocycles. The predicted octanol–water partition coefficient (Wildman–Crippen LogP) is 5.23. The number of anilines is 1. The van der Waals surface area contributed by atoms with E-state index < -0.39 is 0 Å². The normalized spacial score (nSPS) is 11.2. The fourth-order valence-corrected chi connectivity index (χ4v) is 6.30. The number of thioether (sulfide) groups is 1. The fraction of sp³-hybridized carbons (Fsp3) is 0.360. The van der Waals surface area contributed by atoms with Gasteiger partial charge in [0, 0.05) is 29.8 Å². The van der Waals surface area contributed by atoms with Crippen LogP contribution >= 0.6 is 23.1 Å². The summed E-state index contributed by atoms with van der Waals surface area (Å²) in [5.41, 5.74) is 7.53. The highest BCUT2D eigenvalue weighted by molar-refractivity contribution is 7.99. The Morgan fingerprint density at radius 3 is 2.69 bits per heavy atom. The molecule has 0 unspecified atom stereocenters. The van der Waals surface area contributed by atoms with E-state index in [2.05, 4.69) is 49.5 Å². The maximum absolute atomic E-state index is 13.4. The molecule has 2 amide bonds. The van der Waals surface area contributed by atoms with Crippen LogP contribution in [0.15, 0.2) is 47.4 Å². The van der Waals surface area contributed by atoms with Crippen LogP contribution in [0.25, 0.3) is 10.8 Å². The second-order valence-corrected chi connectivity index (χ2v) is 10.4. The summed E-state index contributed by atoms with van der Waals surface area (Å²) in [6.45, 7) is 5.43. The van der Waals surface area contributed by atoms with Crippen molar-refractivity contribution in [1.82, 2.24) is 4.90 Å². The third-order valence-corrected chi connectivity index (χ3v) is 7.63. The van der Waals surface area contributed by atoms with Crippen molar-refractivity contribution >= 4 is 51.2 Å². The minimum Gasteiger partial charge on any atom is -0.341 e. The summed E-state index contributed by atoms with van der Waals surface area (Å²) in [5, 5.41) is 5.81. The zero-order chi connectivity index (χ0) is 23.1. The number of nitrogens with one attached hydrogen (secondary N) is 1. The van der Waals surface area contributed by atoms with Gasteiger partial charge in [-0.25, -0.2) is 0 Å². The number of carbonyl (C=O) groups is 2. The van der Waals surface area contributed by atoms with E-state index in [0.29, 0.717) is 42.4 Å². The van der Waals surface area contributed by atoms with Crippen LogP contribution in [0.1, 0.15) is 41.1 Å². The van der Waals surface area contributed by atoms with Gasteiger partial charge in [0.25, 0.3) is 5.91 Å². The summed E-state index contributed by atoms with van der Waals surface area (Å²) < 4.78 is 0. The Bertz CT molecular complexity index is 1070. The molecule has 170 valence electrons. The molecule has 0 radical (unpaired) electrons. The van der Waals surface area contributed by atoms with Crippen molar-refractivity contribution in [3.63, 3.8) is 0 Å². The van der Waals surface area contributed by atoms with E-state index in [1.807, 2.05) is 19.2 Å². The molecule has 3 rings (SSSR count). The van der Waals surface area contributed by atoms with Crippen LogP contribution < -0.4 is 11.1 Å². The number of carbonyl (C=O) groups excluding carboxylic acids is 2. The minimum absolute atomic E-state index is 0.0567. The van der Waals surface area contributed by atoms with Crippen LogP contribution in [0.3, 0.4) is 0 Å². The second kappa shape index (κ2) is 11.5. The van der Waals surface area contributed by atoms with E-state index in [1.165, 1.54) is 27.7 Å². The zero-order valence-corrected chi connectivity index (χ0v) is 20.5. The second-order valence-electron chi connectivity index (χ2n) is 8.21. The van der Waals surface area contributed by atoms with Gasteiger partial charge in [0.1, 0.15) is 5.00 Å². The number of thiophene rings is 1. The molecule has 3 aromatic rings. The maximum atomic E-state index is 13.4. The lowest BCUT2D eigenvalue weighted by Crippen LogP contribution is -2.30. The number of fused-ring (bicyclic) bond motifs is 1. The number of hydrogen-bond acceptors (Lipinski definition) is 5. The van der Waals surface area contributed by atoms with Crippen molar-refractivity contribution in [2.75, 3.05) is 31.2 Å². The van der Waals surface area contributed by atoms with Crippen molar-refractivity contribution in [3.05, 3.63) is 58.5 Å². The lowest BCUT2D eigenvalue weighted by molar-refractivity contribution is -0.105. The van der Waals surface area contributed by atoms with Gasteiger partial charge in [0.15, 0.2) is 0 Å². The van der Waals surface area contributed by atoms with Gasteiger partial charge in [-0.1, -0.05) is 56.3 Å². The molecule has 1 aromatic heterocycles. The smallest absolute Gasteiger partial charge is 0.257 e. The van der Waals surface area contributed by atoms with Crippen molar-refractivity contribution in [3.8, 4) is 0 Å². The van der Waals surface area contributed by atoms with Crippen LogP contribution in [0.4, 0.5) is 5.00 Å². The monoisotopic (exact) mass is 469 g/mol. The van der Waals surface area contributed by atoms with Gasteiger partial charge >= 0.3 is 0 Å². The van der Waals surface area contributed by atoms with Gasteiger partial charge in [-0.3, -0.25) is 9.59 Å². The highest BCUT2D eigenvalue weighted by Crippen LogP contribution is 2.42. The average molecular weight is 470 g/mol. The van der Waals surface area contributed by atoms with Crippen LogP contribution in [0.5, 0.6) is 0 Å². The number of nitrogens with zero attached hydrogens (tertiary/aromatic N) is 1. The molecule has 0 saturated carbocycles. The first kappa shape index (κ1) is 24.3. The highest BCUT2D eigenvalue weighted by Gasteiger charge is 2.27. The van der Waals surface area contributed by atoms with Gasteiger partial charge < -0.3 is 16.0 Å². The lowest BCUT2D eigenvalue weighted by atomic mass is 10.0. The van der Waals surface area contributed by atoms with Gasteiger partial charge in [-0.2, -0.15) is 0 Å². The Kier molecular flexibility index (Phi) is 8.73. The molecule has 5 nitrogen and oxygen atoms in total. The molecule has 2 aromatic carbocycles. The third kappa shape index (κ3) is 5.71.